The number of carbonyl (C=O) groups is 1. The summed E-state index contributed by atoms with van der Waals surface area (Å²) >= 11 is 0. The fraction of sp³-hybridized carbons (Fsp3) is 0.684. The van der Waals surface area contributed by atoms with Crippen molar-refractivity contribution in [2.24, 2.45) is 4.99 Å². The van der Waals surface area contributed by atoms with Gasteiger partial charge in [0.25, 0.3) is 0 Å². The van der Waals surface area contributed by atoms with Crippen LogP contribution in [-0.2, 0) is 4.79 Å². The highest BCUT2D eigenvalue weighted by Gasteiger charge is 2.19. The minimum absolute atomic E-state index is 0. The zero-order valence-corrected chi connectivity index (χ0v) is 19.5. The van der Waals surface area contributed by atoms with Crippen molar-refractivity contribution in [1.29, 1.82) is 0 Å². The summed E-state index contributed by atoms with van der Waals surface area (Å²) in [7, 11) is 0. The number of likely N-dealkylation sites (tertiary alicyclic amines) is 1. The zero-order valence-electron chi connectivity index (χ0n) is 17.2. The molecule has 0 saturated carbocycles. The summed E-state index contributed by atoms with van der Waals surface area (Å²) in [4.78, 5) is 31.8. The van der Waals surface area contributed by atoms with Crippen molar-refractivity contribution in [3.63, 3.8) is 0 Å². The number of carbonyl (C=O) groups excluding carboxylic acids is 1. The van der Waals surface area contributed by atoms with E-state index in [1.807, 2.05) is 17.9 Å². The molecular formula is C19H33IN8O. The number of piperazine rings is 1. The minimum Gasteiger partial charge on any atom is -0.357 e. The third-order valence-electron chi connectivity index (χ3n) is 5.10. The third-order valence-corrected chi connectivity index (χ3v) is 5.10. The van der Waals surface area contributed by atoms with Crippen LogP contribution in [0.25, 0.3) is 0 Å². The van der Waals surface area contributed by atoms with Gasteiger partial charge in [-0.1, -0.05) is 0 Å². The number of guanidine groups is 1. The van der Waals surface area contributed by atoms with Crippen LogP contribution in [0.3, 0.4) is 0 Å². The molecule has 0 atom stereocenters. The van der Waals surface area contributed by atoms with Gasteiger partial charge in [0.05, 0.1) is 0 Å². The summed E-state index contributed by atoms with van der Waals surface area (Å²) in [6, 6.07) is 1.84. The predicted molar refractivity (Wildman–Crippen MR) is 126 cm³/mol. The first-order chi connectivity index (χ1) is 13.8. The van der Waals surface area contributed by atoms with Crippen LogP contribution in [0.15, 0.2) is 23.5 Å². The molecule has 9 nitrogen and oxygen atoms in total. The summed E-state index contributed by atoms with van der Waals surface area (Å²) in [5.41, 5.74) is 0. The number of nitrogens with zero attached hydrogens (tertiary/aromatic N) is 6. The van der Waals surface area contributed by atoms with Gasteiger partial charge in [-0.05, 0) is 25.8 Å². The Labute approximate surface area is 190 Å². The number of anilines is 1. The highest BCUT2D eigenvalue weighted by Crippen LogP contribution is 2.09. The normalized spacial score (nSPS) is 17.8. The van der Waals surface area contributed by atoms with E-state index in [1.165, 1.54) is 0 Å². The molecule has 2 N–H and O–H groups in total. The quantitative estimate of drug-likeness (QED) is 0.308. The number of halogens is 1. The molecule has 162 valence electrons. The number of aliphatic imine (C=N–C) groups is 1. The van der Waals surface area contributed by atoms with Crippen molar-refractivity contribution < 1.29 is 4.79 Å². The SMILES string of the molecule is CCNC(=NCC(=O)N1CCCC1)NCCN1CCN(c2ncccn2)CC1.I. The van der Waals surface area contributed by atoms with E-state index in [1.54, 1.807) is 12.4 Å². The molecular weight excluding hydrogens is 483 g/mol. The van der Waals surface area contributed by atoms with Gasteiger partial charge < -0.3 is 20.4 Å². The van der Waals surface area contributed by atoms with Gasteiger partial charge in [-0.3, -0.25) is 9.69 Å². The molecule has 2 aliphatic rings. The largest absolute Gasteiger partial charge is 0.357 e. The second-order valence-electron chi connectivity index (χ2n) is 7.09. The van der Waals surface area contributed by atoms with Crippen LogP contribution in [0.1, 0.15) is 19.8 Å². The Kier molecular flexibility index (Phi) is 10.4. The Morgan fingerprint density at radius 2 is 1.76 bits per heavy atom. The van der Waals surface area contributed by atoms with Crippen molar-refractivity contribution in [2.75, 3.05) is 70.3 Å². The maximum Gasteiger partial charge on any atom is 0.244 e. The van der Waals surface area contributed by atoms with Gasteiger partial charge in [-0.25, -0.2) is 15.0 Å². The van der Waals surface area contributed by atoms with E-state index in [4.69, 9.17) is 0 Å². The second-order valence-corrected chi connectivity index (χ2v) is 7.09. The van der Waals surface area contributed by atoms with Crippen LogP contribution < -0.4 is 15.5 Å². The van der Waals surface area contributed by atoms with E-state index in [-0.39, 0.29) is 36.4 Å². The monoisotopic (exact) mass is 516 g/mol. The lowest BCUT2D eigenvalue weighted by Gasteiger charge is -2.34. The fourth-order valence-electron chi connectivity index (χ4n) is 3.51. The van der Waals surface area contributed by atoms with E-state index in [9.17, 15) is 4.79 Å². The van der Waals surface area contributed by atoms with Crippen LogP contribution in [0, 0.1) is 0 Å². The van der Waals surface area contributed by atoms with Gasteiger partial charge in [-0.15, -0.1) is 24.0 Å². The smallest absolute Gasteiger partial charge is 0.244 e. The molecule has 0 aromatic carbocycles. The molecule has 29 heavy (non-hydrogen) atoms. The fourth-order valence-corrected chi connectivity index (χ4v) is 3.51. The summed E-state index contributed by atoms with van der Waals surface area (Å²) in [5.74, 6) is 1.64. The maximum atomic E-state index is 12.2. The number of amides is 1. The minimum atomic E-state index is 0. The zero-order chi connectivity index (χ0) is 19.6. The lowest BCUT2D eigenvalue weighted by Crippen LogP contribution is -2.49. The molecule has 10 heteroatoms. The Bertz CT molecular complexity index is 630. The van der Waals surface area contributed by atoms with Gasteiger partial charge >= 0.3 is 0 Å². The Balaban J connectivity index is 0.00000300. The lowest BCUT2D eigenvalue weighted by molar-refractivity contribution is -0.128. The van der Waals surface area contributed by atoms with E-state index in [0.29, 0.717) is 5.96 Å². The number of aromatic nitrogens is 2. The molecule has 3 rings (SSSR count). The van der Waals surface area contributed by atoms with Gasteiger partial charge in [-0.2, -0.15) is 0 Å². The van der Waals surface area contributed by atoms with Crippen LogP contribution in [0.5, 0.6) is 0 Å². The molecule has 0 radical (unpaired) electrons. The number of hydrogen-bond acceptors (Lipinski definition) is 6. The van der Waals surface area contributed by atoms with Gasteiger partial charge in [0.1, 0.15) is 6.54 Å². The van der Waals surface area contributed by atoms with E-state index in [0.717, 1.165) is 77.7 Å². The highest BCUT2D eigenvalue weighted by molar-refractivity contribution is 14.0. The second kappa shape index (κ2) is 12.8. The van der Waals surface area contributed by atoms with E-state index in [2.05, 4.69) is 35.4 Å². The average Bonchev–Trinajstić information content (AvgIpc) is 3.28. The van der Waals surface area contributed by atoms with Gasteiger partial charge in [0.2, 0.25) is 11.9 Å². The molecule has 2 fully saturated rings. The first-order valence-corrected chi connectivity index (χ1v) is 10.3. The summed E-state index contributed by atoms with van der Waals surface area (Å²) in [6.07, 6.45) is 5.79. The van der Waals surface area contributed by atoms with Crippen LogP contribution in [0.2, 0.25) is 0 Å². The maximum absolute atomic E-state index is 12.2. The summed E-state index contributed by atoms with van der Waals surface area (Å²) < 4.78 is 0. The van der Waals surface area contributed by atoms with Crippen molar-refractivity contribution in [3.05, 3.63) is 18.5 Å². The Morgan fingerprint density at radius 1 is 1.07 bits per heavy atom. The molecule has 2 aliphatic heterocycles. The van der Waals surface area contributed by atoms with E-state index >= 15 is 0 Å². The summed E-state index contributed by atoms with van der Waals surface area (Å²) in [5, 5.41) is 6.56. The van der Waals surface area contributed by atoms with Crippen molar-refractivity contribution in [2.45, 2.75) is 19.8 Å². The summed E-state index contributed by atoms with van der Waals surface area (Å²) in [6.45, 7) is 10.3. The lowest BCUT2D eigenvalue weighted by atomic mass is 10.3. The number of nitrogens with one attached hydrogen (secondary N) is 2. The molecule has 3 heterocycles. The number of rotatable bonds is 7. The molecule has 1 aromatic heterocycles. The molecule has 0 unspecified atom stereocenters. The van der Waals surface area contributed by atoms with Crippen molar-refractivity contribution in [1.82, 2.24) is 30.4 Å². The molecule has 2 saturated heterocycles. The van der Waals surface area contributed by atoms with E-state index < -0.39 is 0 Å². The standard InChI is InChI=1S/C19H32N8O.HI/c1-2-20-18(24-16-17(28)26-9-3-4-10-26)21-8-11-25-12-14-27(15-13-25)19-22-6-5-7-23-19;/h5-7H,2-4,8-16H2,1H3,(H2,20,21,24);1H. The third kappa shape index (κ3) is 7.57. The molecule has 0 bridgehead atoms. The highest BCUT2D eigenvalue weighted by atomic mass is 127. The van der Waals surface area contributed by atoms with Gasteiger partial charge in [0.15, 0.2) is 5.96 Å². The first-order valence-electron chi connectivity index (χ1n) is 10.3. The molecule has 1 amide bonds. The molecule has 0 aliphatic carbocycles. The Morgan fingerprint density at radius 3 is 2.41 bits per heavy atom. The predicted octanol–water partition coefficient (Wildman–Crippen LogP) is 0.394. The Hall–Kier alpha value is -1.69. The van der Waals surface area contributed by atoms with Crippen LogP contribution >= 0.6 is 24.0 Å². The van der Waals surface area contributed by atoms with Crippen molar-refractivity contribution in [3.8, 4) is 0 Å². The van der Waals surface area contributed by atoms with Crippen molar-refractivity contribution >= 4 is 41.8 Å². The average molecular weight is 516 g/mol. The first kappa shape index (κ1) is 23.6. The topological polar surface area (TPSA) is 89.0 Å². The molecule has 1 aromatic rings. The number of hydrogen-bond donors (Lipinski definition) is 2. The van der Waals surface area contributed by atoms with Gasteiger partial charge in [0, 0.05) is 71.3 Å². The molecule has 0 spiro atoms. The van der Waals surface area contributed by atoms with Crippen LogP contribution in [-0.4, -0.2) is 97.1 Å². The van der Waals surface area contributed by atoms with Crippen LogP contribution in [0.4, 0.5) is 5.95 Å².